The lowest BCUT2D eigenvalue weighted by Gasteiger charge is -1.75. The third-order valence-electron chi connectivity index (χ3n) is 0.593. The van der Waals surface area contributed by atoms with Crippen LogP contribution in [-0.2, 0) is 0 Å². The first-order valence-corrected chi connectivity index (χ1v) is 4.37. The molecule has 0 radical (unpaired) electrons. The summed E-state index contributed by atoms with van der Waals surface area (Å²) in [5.74, 6) is 0. The number of hydrogen-bond donors (Lipinski definition) is 1. The zero-order valence-corrected chi connectivity index (χ0v) is 6.62. The molecule has 0 aromatic carbocycles. The van der Waals surface area contributed by atoms with E-state index in [1.54, 1.807) is 11.8 Å². The molecule has 0 amide bonds. The lowest BCUT2D eigenvalue weighted by Crippen LogP contribution is -1.65. The van der Waals surface area contributed by atoms with Crippen molar-refractivity contribution in [2.24, 2.45) is 0 Å². The summed E-state index contributed by atoms with van der Waals surface area (Å²) < 4.78 is 1.74. The van der Waals surface area contributed by atoms with E-state index < -0.39 is 0 Å². The maximum Gasteiger partial charge on any atom is 0.177 e. The molecule has 0 spiro atoms. The van der Waals surface area contributed by atoms with Gasteiger partial charge in [0, 0.05) is 0 Å². The van der Waals surface area contributed by atoms with Crippen LogP contribution in [-0.4, -0.2) is 16.5 Å². The highest BCUT2D eigenvalue weighted by atomic mass is 32.2. The van der Waals surface area contributed by atoms with Gasteiger partial charge in [-0.15, -0.1) is 0 Å². The van der Waals surface area contributed by atoms with Gasteiger partial charge in [0.2, 0.25) is 0 Å². The summed E-state index contributed by atoms with van der Waals surface area (Å²) in [6, 6.07) is 0. The monoisotopic (exact) mass is 164 g/mol. The van der Waals surface area contributed by atoms with Crippen LogP contribution in [0.4, 0.5) is 0 Å². The van der Waals surface area contributed by atoms with E-state index >= 15 is 0 Å². The van der Waals surface area contributed by atoms with Crippen LogP contribution in [0.2, 0.25) is 0 Å². The fraction of sp³-hybridized carbons (Fsp3) is 0.333. The lowest BCUT2D eigenvalue weighted by atomic mass is 11.6. The summed E-state index contributed by atoms with van der Waals surface area (Å²) in [5, 5.41) is 6.57. The molecule has 2 nitrogen and oxygen atoms in total. The van der Waals surface area contributed by atoms with E-state index in [2.05, 4.69) is 10.2 Å². The zero-order chi connectivity index (χ0) is 5.98. The maximum absolute atomic E-state index is 4.79. The van der Waals surface area contributed by atoms with Gasteiger partial charge in [0.25, 0.3) is 0 Å². The van der Waals surface area contributed by atoms with Crippen molar-refractivity contribution in [3.63, 3.8) is 0 Å². The summed E-state index contributed by atoms with van der Waals surface area (Å²) in [6.07, 6.45) is 1.97. The molecule has 0 atom stereocenters. The predicted octanol–water partition coefficient (Wildman–Crippen LogP) is 1.92. The van der Waals surface area contributed by atoms with Crippen molar-refractivity contribution in [3.8, 4) is 0 Å². The van der Waals surface area contributed by atoms with Crippen LogP contribution in [0.1, 0.15) is 0 Å². The predicted molar refractivity (Wildman–Crippen MR) is 39.1 cm³/mol. The van der Waals surface area contributed by atoms with Gasteiger partial charge in [0.05, 0.1) is 0 Å². The summed E-state index contributed by atoms with van der Waals surface area (Å²) in [5.41, 5.74) is 0. The molecule has 0 fully saturated rings. The quantitative estimate of drug-likeness (QED) is 0.508. The Morgan fingerprint density at radius 1 is 1.88 bits per heavy atom. The van der Waals surface area contributed by atoms with Crippen molar-refractivity contribution in [2.75, 3.05) is 6.26 Å². The number of H-pyrrole nitrogens is 1. The Labute approximate surface area is 60.3 Å². The summed E-state index contributed by atoms with van der Waals surface area (Å²) in [7, 11) is 0. The second-order valence-corrected chi connectivity index (χ2v) is 3.80. The Balaban J connectivity index is 3.01. The number of thioether (sulfide) groups is 1. The Morgan fingerprint density at radius 2 is 2.62 bits per heavy atom. The number of rotatable bonds is 1. The molecule has 0 bridgehead atoms. The molecular weight excluding hydrogens is 160 g/mol. The molecule has 0 aliphatic rings. The minimum atomic E-state index is 0.745. The molecule has 0 saturated carbocycles. The molecule has 8 heavy (non-hydrogen) atoms. The first-order chi connectivity index (χ1) is 3.83. The highest BCUT2D eigenvalue weighted by Gasteiger charge is 1.89. The van der Waals surface area contributed by atoms with Gasteiger partial charge in [-0.05, 0) is 18.5 Å². The van der Waals surface area contributed by atoms with E-state index in [0.717, 1.165) is 8.29 Å². The van der Waals surface area contributed by atoms with Crippen molar-refractivity contribution in [3.05, 3.63) is 3.95 Å². The fourth-order valence-electron chi connectivity index (χ4n) is 0.304. The average Bonchev–Trinajstić information content (AvgIpc) is 2.14. The third-order valence-corrected chi connectivity index (χ3v) is 2.67. The smallest absolute Gasteiger partial charge is 0.177 e. The molecule has 5 heteroatoms. The van der Waals surface area contributed by atoms with Crippen molar-refractivity contribution < 1.29 is 0 Å². The first-order valence-electron chi connectivity index (χ1n) is 1.92. The van der Waals surface area contributed by atoms with Crippen molar-refractivity contribution in [1.29, 1.82) is 0 Å². The number of hydrogen-bond acceptors (Lipinski definition) is 4. The van der Waals surface area contributed by atoms with Crippen LogP contribution in [0.25, 0.3) is 0 Å². The van der Waals surface area contributed by atoms with Crippen LogP contribution in [0.3, 0.4) is 0 Å². The van der Waals surface area contributed by atoms with Crippen molar-refractivity contribution in [2.45, 2.75) is 4.34 Å². The molecule has 44 valence electrons. The lowest BCUT2D eigenvalue weighted by molar-refractivity contribution is 1.00. The van der Waals surface area contributed by atoms with Crippen LogP contribution in [0.5, 0.6) is 0 Å². The van der Waals surface area contributed by atoms with E-state index in [4.69, 9.17) is 12.2 Å². The summed E-state index contributed by atoms with van der Waals surface area (Å²) >= 11 is 7.88. The number of aromatic nitrogens is 2. The van der Waals surface area contributed by atoms with E-state index in [1.807, 2.05) is 6.26 Å². The number of nitrogens with one attached hydrogen (secondary N) is 1. The van der Waals surface area contributed by atoms with Crippen LogP contribution < -0.4 is 0 Å². The van der Waals surface area contributed by atoms with E-state index in [-0.39, 0.29) is 0 Å². The number of nitrogens with zero attached hydrogens (tertiary/aromatic N) is 1. The van der Waals surface area contributed by atoms with Gasteiger partial charge >= 0.3 is 0 Å². The normalized spacial score (nSPS) is 9.62. The van der Waals surface area contributed by atoms with Gasteiger partial charge < -0.3 is 0 Å². The molecule has 0 aliphatic carbocycles. The topological polar surface area (TPSA) is 28.7 Å². The first kappa shape index (κ1) is 6.25. The minimum absolute atomic E-state index is 0.745. The van der Waals surface area contributed by atoms with Gasteiger partial charge in [-0.25, -0.2) is 0 Å². The van der Waals surface area contributed by atoms with Gasteiger partial charge in [-0.1, -0.05) is 23.1 Å². The molecule has 1 rings (SSSR count). The minimum Gasteiger partial charge on any atom is -0.257 e. The van der Waals surface area contributed by atoms with Crippen molar-refractivity contribution >= 4 is 35.3 Å². The zero-order valence-electron chi connectivity index (χ0n) is 4.17. The molecule has 0 saturated heterocycles. The molecule has 1 aromatic heterocycles. The molecular formula is C3H4N2S3. The second-order valence-electron chi connectivity index (χ2n) is 1.08. The van der Waals surface area contributed by atoms with Crippen molar-refractivity contribution in [1.82, 2.24) is 10.2 Å². The van der Waals surface area contributed by atoms with Crippen LogP contribution in [0, 0.1) is 3.95 Å². The standard InChI is InChI=1S/C3H4N2S3/c1-7-3-5-4-2(6)8-3/h1H3,(H,4,6). The van der Waals surface area contributed by atoms with Gasteiger partial charge in [0.15, 0.2) is 8.29 Å². The number of aromatic amines is 1. The molecule has 0 unspecified atom stereocenters. The Hall–Kier alpha value is 0.130. The second kappa shape index (κ2) is 2.61. The van der Waals surface area contributed by atoms with E-state index in [9.17, 15) is 0 Å². The van der Waals surface area contributed by atoms with Crippen LogP contribution >= 0.6 is 35.3 Å². The molecule has 1 heterocycles. The Kier molecular flexibility index (Phi) is 2.04. The largest absolute Gasteiger partial charge is 0.257 e. The third kappa shape index (κ3) is 1.30. The Bertz CT molecular complexity index is 212. The molecule has 0 aliphatic heterocycles. The highest BCUT2D eigenvalue weighted by Crippen LogP contribution is 2.15. The van der Waals surface area contributed by atoms with E-state index in [1.165, 1.54) is 11.3 Å². The fourth-order valence-corrected chi connectivity index (χ4v) is 1.81. The molecule has 1 N–H and O–H groups in total. The van der Waals surface area contributed by atoms with E-state index in [0.29, 0.717) is 0 Å². The van der Waals surface area contributed by atoms with Crippen LogP contribution in [0.15, 0.2) is 4.34 Å². The average molecular weight is 164 g/mol. The maximum atomic E-state index is 4.79. The Morgan fingerprint density at radius 3 is 2.88 bits per heavy atom. The van der Waals surface area contributed by atoms with Gasteiger partial charge in [-0.3, -0.25) is 5.10 Å². The summed E-state index contributed by atoms with van der Waals surface area (Å²) in [6.45, 7) is 0. The van der Waals surface area contributed by atoms with Gasteiger partial charge in [-0.2, -0.15) is 5.10 Å². The molecule has 1 aromatic rings. The van der Waals surface area contributed by atoms with Gasteiger partial charge in [0.1, 0.15) is 0 Å². The SMILES string of the molecule is CSc1n[nH]c(=S)s1. The summed E-state index contributed by atoms with van der Waals surface area (Å²) in [4.78, 5) is 0. The highest BCUT2D eigenvalue weighted by molar-refractivity contribution is 8.00.